The summed E-state index contributed by atoms with van der Waals surface area (Å²) in [5.74, 6) is 0.105. The first kappa shape index (κ1) is 10.9. The van der Waals surface area contributed by atoms with Crippen LogP contribution in [0.25, 0.3) is 0 Å². The van der Waals surface area contributed by atoms with E-state index in [4.69, 9.17) is 5.11 Å². The van der Waals surface area contributed by atoms with E-state index in [1.54, 1.807) is 0 Å². The second kappa shape index (κ2) is 4.49. The minimum absolute atomic E-state index is 0.117. The van der Waals surface area contributed by atoms with Crippen molar-refractivity contribution in [3.05, 3.63) is 0 Å². The lowest BCUT2D eigenvalue weighted by Crippen LogP contribution is -2.44. The van der Waals surface area contributed by atoms with E-state index in [-0.39, 0.29) is 5.92 Å². The van der Waals surface area contributed by atoms with Crippen molar-refractivity contribution in [1.82, 2.24) is 9.80 Å². The van der Waals surface area contributed by atoms with E-state index in [2.05, 4.69) is 16.8 Å². The number of hydrogen-bond donors (Lipinski definition) is 1. The molecule has 0 aromatic heterocycles. The predicted molar refractivity (Wildman–Crippen MR) is 57.8 cm³/mol. The molecule has 0 bridgehead atoms. The first-order chi connectivity index (χ1) is 7.15. The summed E-state index contributed by atoms with van der Waals surface area (Å²) in [5, 5.41) is 8.87. The molecule has 0 aliphatic carbocycles. The largest absolute Gasteiger partial charge is 0.481 e. The third-order valence-corrected chi connectivity index (χ3v) is 3.61. The van der Waals surface area contributed by atoms with E-state index in [1.165, 1.54) is 19.5 Å². The minimum atomic E-state index is -0.624. The van der Waals surface area contributed by atoms with Crippen LogP contribution in [0.15, 0.2) is 0 Å². The van der Waals surface area contributed by atoms with E-state index in [9.17, 15) is 4.79 Å². The minimum Gasteiger partial charge on any atom is -0.481 e. The van der Waals surface area contributed by atoms with Gasteiger partial charge in [-0.2, -0.15) is 0 Å². The highest BCUT2D eigenvalue weighted by Crippen LogP contribution is 2.20. The molecule has 2 heterocycles. The van der Waals surface area contributed by atoms with Crippen molar-refractivity contribution in [2.75, 3.05) is 39.8 Å². The monoisotopic (exact) mass is 212 g/mol. The number of nitrogens with zero attached hydrogens (tertiary/aromatic N) is 2. The molecule has 15 heavy (non-hydrogen) atoms. The van der Waals surface area contributed by atoms with Crippen LogP contribution < -0.4 is 0 Å². The number of hydrogen-bond acceptors (Lipinski definition) is 3. The summed E-state index contributed by atoms with van der Waals surface area (Å²) in [4.78, 5) is 15.4. The lowest BCUT2D eigenvalue weighted by molar-refractivity contribution is -0.141. The van der Waals surface area contributed by atoms with Crippen molar-refractivity contribution in [3.63, 3.8) is 0 Å². The van der Waals surface area contributed by atoms with Crippen LogP contribution >= 0.6 is 0 Å². The standard InChI is InChI=1S/C11H20N2O2/c1-12-6-9(7-12)2-4-13-5-3-10(8-13)11(14)15/h9-10H,2-8H2,1H3,(H,14,15). The van der Waals surface area contributed by atoms with E-state index >= 15 is 0 Å². The molecule has 2 aliphatic heterocycles. The lowest BCUT2D eigenvalue weighted by atomic mass is 9.97. The van der Waals surface area contributed by atoms with Gasteiger partial charge in [-0.25, -0.2) is 0 Å². The molecular formula is C11H20N2O2. The third-order valence-electron chi connectivity index (χ3n) is 3.61. The van der Waals surface area contributed by atoms with Crippen molar-refractivity contribution >= 4 is 5.97 Å². The Morgan fingerprint density at radius 1 is 1.40 bits per heavy atom. The Balaban J connectivity index is 1.62. The fraction of sp³-hybridized carbons (Fsp3) is 0.909. The van der Waals surface area contributed by atoms with Crippen molar-refractivity contribution in [1.29, 1.82) is 0 Å². The molecule has 0 aromatic rings. The zero-order chi connectivity index (χ0) is 10.8. The Hall–Kier alpha value is -0.610. The van der Waals surface area contributed by atoms with Gasteiger partial charge in [-0.15, -0.1) is 0 Å². The average Bonchev–Trinajstić information content (AvgIpc) is 2.59. The van der Waals surface area contributed by atoms with Gasteiger partial charge < -0.3 is 14.9 Å². The van der Waals surface area contributed by atoms with Crippen molar-refractivity contribution in [2.24, 2.45) is 11.8 Å². The molecular weight excluding hydrogens is 192 g/mol. The van der Waals surface area contributed by atoms with Crippen LogP contribution in [0.1, 0.15) is 12.8 Å². The molecule has 2 fully saturated rings. The molecule has 0 spiro atoms. The van der Waals surface area contributed by atoms with Crippen molar-refractivity contribution in [2.45, 2.75) is 12.8 Å². The normalized spacial score (nSPS) is 29.3. The number of rotatable bonds is 4. The number of likely N-dealkylation sites (tertiary alicyclic amines) is 2. The SMILES string of the molecule is CN1CC(CCN2CCC(C(=O)O)C2)C1. The van der Waals surface area contributed by atoms with E-state index < -0.39 is 5.97 Å². The van der Waals surface area contributed by atoms with E-state index in [0.29, 0.717) is 0 Å². The van der Waals surface area contributed by atoms with Crippen LogP contribution in [-0.4, -0.2) is 60.6 Å². The van der Waals surface area contributed by atoms with Gasteiger partial charge in [0.1, 0.15) is 0 Å². The molecule has 2 rings (SSSR count). The highest BCUT2D eigenvalue weighted by molar-refractivity contribution is 5.70. The maximum absolute atomic E-state index is 10.8. The van der Waals surface area contributed by atoms with Gasteiger partial charge in [0.2, 0.25) is 0 Å². The molecule has 4 heteroatoms. The Kier molecular flexibility index (Phi) is 3.26. The summed E-state index contributed by atoms with van der Waals surface area (Å²) in [5.41, 5.74) is 0. The van der Waals surface area contributed by atoms with Gasteiger partial charge in [0, 0.05) is 19.6 Å². The fourth-order valence-electron chi connectivity index (χ4n) is 2.61. The molecule has 1 N–H and O–H groups in total. The van der Waals surface area contributed by atoms with Crippen molar-refractivity contribution < 1.29 is 9.90 Å². The zero-order valence-electron chi connectivity index (χ0n) is 9.35. The predicted octanol–water partition coefficient (Wildman–Crippen LogP) is 0.345. The van der Waals surface area contributed by atoms with Crippen LogP contribution in [0.4, 0.5) is 0 Å². The number of carbonyl (C=O) groups is 1. The van der Waals surface area contributed by atoms with Crippen molar-refractivity contribution in [3.8, 4) is 0 Å². The smallest absolute Gasteiger partial charge is 0.307 e. The molecule has 0 saturated carbocycles. The topological polar surface area (TPSA) is 43.8 Å². The molecule has 2 saturated heterocycles. The molecule has 2 aliphatic rings. The summed E-state index contributed by atoms with van der Waals surface area (Å²) < 4.78 is 0. The van der Waals surface area contributed by atoms with Crippen LogP contribution in [0, 0.1) is 11.8 Å². The van der Waals surface area contributed by atoms with Gasteiger partial charge >= 0.3 is 5.97 Å². The average molecular weight is 212 g/mol. The summed E-state index contributed by atoms with van der Waals surface area (Å²) in [6.45, 7) is 5.26. The quantitative estimate of drug-likeness (QED) is 0.730. The Morgan fingerprint density at radius 3 is 2.67 bits per heavy atom. The molecule has 86 valence electrons. The van der Waals surface area contributed by atoms with Crippen LogP contribution in [-0.2, 0) is 4.79 Å². The maximum Gasteiger partial charge on any atom is 0.307 e. The van der Waals surface area contributed by atoms with Crippen LogP contribution in [0.2, 0.25) is 0 Å². The van der Waals surface area contributed by atoms with E-state index in [1.807, 2.05) is 0 Å². The Bertz CT molecular complexity index is 239. The van der Waals surface area contributed by atoms with Gasteiger partial charge in [-0.05, 0) is 38.9 Å². The number of aliphatic carboxylic acids is 1. The molecule has 1 unspecified atom stereocenters. The Morgan fingerprint density at radius 2 is 2.13 bits per heavy atom. The summed E-state index contributed by atoms with van der Waals surface area (Å²) >= 11 is 0. The third kappa shape index (κ3) is 2.69. The second-order valence-corrected chi connectivity index (χ2v) is 5.00. The first-order valence-corrected chi connectivity index (χ1v) is 5.79. The highest BCUT2D eigenvalue weighted by atomic mass is 16.4. The Labute approximate surface area is 90.9 Å². The first-order valence-electron chi connectivity index (χ1n) is 5.79. The van der Waals surface area contributed by atoms with Gasteiger partial charge in [-0.3, -0.25) is 4.79 Å². The maximum atomic E-state index is 10.8. The zero-order valence-corrected chi connectivity index (χ0v) is 9.35. The molecule has 4 nitrogen and oxygen atoms in total. The lowest BCUT2D eigenvalue weighted by Gasteiger charge is -2.37. The molecule has 0 aromatic carbocycles. The van der Waals surface area contributed by atoms with E-state index in [0.717, 1.165) is 32.0 Å². The van der Waals surface area contributed by atoms with Crippen LogP contribution in [0.3, 0.4) is 0 Å². The molecule has 1 atom stereocenters. The van der Waals surface area contributed by atoms with Crippen LogP contribution in [0.5, 0.6) is 0 Å². The van der Waals surface area contributed by atoms with Gasteiger partial charge in [-0.1, -0.05) is 0 Å². The number of carboxylic acids is 1. The van der Waals surface area contributed by atoms with Gasteiger partial charge in [0.25, 0.3) is 0 Å². The summed E-state index contributed by atoms with van der Waals surface area (Å²) in [6, 6.07) is 0. The number of carboxylic acid groups (broad SMARTS) is 1. The van der Waals surface area contributed by atoms with Gasteiger partial charge in [0.05, 0.1) is 5.92 Å². The molecule has 0 amide bonds. The summed E-state index contributed by atoms with van der Waals surface area (Å²) in [6.07, 6.45) is 2.07. The fourth-order valence-corrected chi connectivity index (χ4v) is 2.61. The summed E-state index contributed by atoms with van der Waals surface area (Å²) in [7, 11) is 2.15. The van der Waals surface area contributed by atoms with Gasteiger partial charge in [0.15, 0.2) is 0 Å². The highest BCUT2D eigenvalue weighted by Gasteiger charge is 2.29. The molecule has 0 radical (unpaired) electrons. The second-order valence-electron chi connectivity index (χ2n) is 5.00.